The molecule has 0 aromatic heterocycles. The fourth-order valence-electron chi connectivity index (χ4n) is 3.12. The fourth-order valence-corrected chi connectivity index (χ4v) is 3.12. The van der Waals surface area contributed by atoms with Crippen LogP contribution in [0.4, 0.5) is 17.6 Å². The molecule has 0 spiro atoms. The van der Waals surface area contributed by atoms with Crippen molar-refractivity contribution < 1.29 is 36.2 Å². The first-order valence-corrected chi connectivity index (χ1v) is 9.50. The van der Waals surface area contributed by atoms with Crippen molar-refractivity contribution in [1.29, 1.82) is 0 Å². The summed E-state index contributed by atoms with van der Waals surface area (Å²) in [6.45, 7) is 13.9. The quantitative estimate of drug-likeness (QED) is 0.547. The highest BCUT2D eigenvalue weighted by Crippen LogP contribution is 2.39. The summed E-state index contributed by atoms with van der Waals surface area (Å²) in [5.74, 6) is -0.894. The summed E-state index contributed by atoms with van der Waals surface area (Å²) >= 11 is 0. The maximum absolute atomic E-state index is 15.5. The Kier molecular flexibility index (Phi) is 5.03. The molecule has 10 heteroatoms. The molecule has 0 bridgehead atoms. The minimum absolute atomic E-state index is 0.330. The van der Waals surface area contributed by atoms with Crippen LogP contribution in [0, 0.1) is 5.82 Å². The number of benzene rings is 1. The summed E-state index contributed by atoms with van der Waals surface area (Å²) in [7, 11) is -2.58. The summed E-state index contributed by atoms with van der Waals surface area (Å²) in [5.41, 5.74) is -5.00. The van der Waals surface area contributed by atoms with Crippen LogP contribution in [0.1, 0.15) is 61.0 Å². The van der Waals surface area contributed by atoms with E-state index in [0.29, 0.717) is 0 Å². The molecule has 0 radical (unpaired) electrons. The molecule has 0 amide bonds. The summed E-state index contributed by atoms with van der Waals surface area (Å²) in [6, 6.07) is 1.46. The molecule has 0 atom stereocenters. The maximum Gasteiger partial charge on any atom is 0.497 e. The van der Waals surface area contributed by atoms with Gasteiger partial charge in [0.05, 0.1) is 28.0 Å². The first-order valence-electron chi connectivity index (χ1n) is 9.50. The number of hydrogen-bond donors (Lipinski definition) is 0. The van der Waals surface area contributed by atoms with Crippen molar-refractivity contribution in [3.8, 4) is 0 Å². The standard InChI is InChI=1S/C19H26B2F4O4/c1-15(2)16(3,4)27-20(26-15)12-9-11(19(23,24)25)10-13(14(12)22)21-28-17(5,6)18(7,8)29-21/h9-10H,1-8H3. The minimum atomic E-state index is -4.69. The second-order valence-corrected chi connectivity index (χ2v) is 9.64. The van der Waals surface area contributed by atoms with Crippen molar-refractivity contribution in [2.45, 2.75) is 84.0 Å². The van der Waals surface area contributed by atoms with E-state index in [4.69, 9.17) is 18.6 Å². The van der Waals surface area contributed by atoms with Gasteiger partial charge in [0.25, 0.3) is 0 Å². The van der Waals surface area contributed by atoms with Gasteiger partial charge < -0.3 is 18.6 Å². The fraction of sp³-hybridized carbons (Fsp3) is 0.684. The first-order chi connectivity index (χ1) is 12.9. The van der Waals surface area contributed by atoms with Crippen molar-refractivity contribution in [3.05, 3.63) is 23.5 Å². The average Bonchev–Trinajstić information content (AvgIpc) is 2.85. The van der Waals surface area contributed by atoms with Gasteiger partial charge in [-0.1, -0.05) is 0 Å². The third-order valence-electron chi connectivity index (χ3n) is 6.47. The third kappa shape index (κ3) is 3.73. The van der Waals surface area contributed by atoms with Crippen molar-refractivity contribution in [1.82, 2.24) is 0 Å². The summed E-state index contributed by atoms with van der Waals surface area (Å²) in [6.07, 6.45) is -4.69. The molecule has 3 rings (SSSR count). The van der Waals surface area contributed by atoms with E-state index < -0.39 is 54.2 Å². The Bertz CT molecular complexity index is 732. The van der Waals surface area contributed by atoms with Gasteiger partial charge >= 0.3 is 20.4 Å². The van der Waals surface area contributed by atoms with E-state index in [0.717, 1.165) is 12.1 Å². The smallest absolute Gasteiger partial charge is 0.399 e. The third-order valence-corrected chi connectivity index (χ3v) is 6.47. The van der Waals surface area contributed by atoms with Crippen LogP contribution in [0.25, 0.3) is 0 Å². The predicted octanol–water partition coefficient (Wildman–Crippen LogP) is 3.44. The molecule has 2 heterocycles. The Hall–Kier alpha value is -1.09. The molecule has 29 heavy (non-hydrogen) atoms. The molecule has 4 nitrogen and oxygen atoms in total. The van der Waals surface area contributed by atoms with E-state index in [1.807, 2.05) is 0 Å². The van der Waals surface area contributed by atoms with E-state index in [9.17, 15) is 13.2 Å². The Labute approximate surface area is 169 Å². The summed E-state index contributed by atoms with van der Waals surface area (Å²) in [4.78, 5) is 0. The molecular formula is C19H26B2F4O4. The molecule has 0 unspecified atom stereocenters. The molecule has 160 valence electrons. The van der Waals surface area contributed by atoms with Crippen LogP contribution < -0.4 is 10.9 Å². The van der Waals surface area contributed by atoms with Gasteiger partial charge in [-0.05, 0) is 67.5 Å². The van der Waals surface area contributed by atoms with E-state index in [2.05, 4.69) is 0 Å². The Morgan fingerprint density at radius 2 is 0.931 bits per heavy atom. The van der Waals surface area contributed by atoms with Gasteiger partial charge in [-0.15, -0.1) is 0 Å². The Balaban J connectivity index is 2.11. The van der Waals surface area contributed by atoms with Crippen molar-refractivity contribution >= 4 is 25.2 Å². The van der Waals surface area contributed by atoms with Gasteiger partial charge in [0.2, 0.25) is 0 Å². The highest BCUT2D eigenvalue weighted by molar-refractivity contribution is 6.66. The van der Waals surface area contributed by atoms with Gasteiger partial charge in [0.1, 0.15) is 5.82 Å². The summed E-state index contributed by atoms with van der Waals surface area (Å²) in [5, 5.41) is 0. The zero-order valence-corrected chi connectivity index (χ0v) is 18.0. The van der Waals surface area contributed by atoms with Crippen LogP contribution in [0.5, 0.6) is 0 Å². The van der Waals surface area contributed by atoms with E-state index in [1.165, 1.54) is 0 Å². The largest absolute Gasteiger partial charge is 0.497 e. The van der Waals surface area contributed by atoms with Gasteiger partial charge in [0.15, 0.2) is 0 Å². The van der Waals surface area contributed by atoms with Crippen LogP contribution in [0.2, 0.25) is 0 Å². The second-order valence-electron chi connectivity index (χ2n) is 9.64. The lowest BCUT2D eigenvalue weighted by atomic mass is 9.70. The topological polar surface area (TPSA) is 36.9 Å². The lowest BCUT2D eigenvalue weighted by Gasteiger charge is -2.32. The van der Waals surface area contributed by atoms with E-state index in [-0.39, 0.29) is 10.9 Å². The first kappa shape index (κ1) is 22.6. The van der Waals surface area contributed by atoms with Gasteiger partial charge in [-0.25, -0.2) is 4.39 Å². The molecule has 0 saturated carbocycles. The van der Waals surface area contributed by atoms with Gasteiger partial charge in [-0.3, -0.25) is 0 Å². The molecular weight excluding hydrogens is 390 g/mol. The molecule has 2 aliphatic heterocycles. The SMILES string of the molecule is CC1(C)OB(c2cc(C(F)(F)F)cc(B3OC(C)(C)C(C)(C)O3)c2F)OC1(C)C. The molecule has 0 N–H and O–H groups in total. The van der Waals surface area contributed by atoms with Crippen LogP contribution in [-0.4, -0.2) is 36.6 Å². The molecule has 2 fully saturated rings. The van der Waals surface area contributed by atoms with Crippen LogP contribution >= 0.6 is 0 Å². The van der Waals surface area contributed by atoms with Crippen molar-refractivity contribution in [2.24, 2.45) is 0 Å². The highest BCUT2D eigenvalue weighted by Gasteiger charge is 2.56. The molecule has 1 aromatic rings. The Morgan fingerprint density at radius 1 is 0.655 bits per heavy atom. The highest BCUT2D eigenvalue weighted by atomic mass is 19.4. The normalized spacial score (nSPS) is 25.0. The van der Waals surface area contributed by atoms with E-state index >= 15 is 4.39 Å². The molecule has 0 aliphatic carbocycles. The molecule has 1 aromatic carbocycles. The lowest BCUT2D eigenvalue weighted by Crippen LogP contribution is -2.46. The molecule has 2 saturated heterocycles. The Morgan fingerprint density at radius 3 is 1.17 bits per heavy atom. The summed E-state index contributed by atoms with van der Waals surface area (Å²) < 4.78 is 79.3. The zero-order chi connectivity index (χ0) is 22.2. The van der Waals surface area contributed by atoms with Crippen LogP contribution in [0.15, 0.2) is 12.1 Å². The molecule has 2 aliphatic rings. The van der Waals surface area contributed by atoms with Crippen LogP contribution in [-0.2, 0) is 24.8 Å². The second kappa shape index (κ2) is 6.45. The zero-order valence-electron chi connectivity index (χ0n) is 18.0. The number of halogens is 4. The van der Waals surface area contributed by atoms with Crippen LogP contribution in [0.3, 0.4) is 0 Å². The maximum atomic E-state index is 15.5. The van der Waals surface area contributed by atoms with Gasteiger partial charge in [0, 0.05) is 10.9 Å². The van der Waals surface area contributed by atoms with E-state index in [1.54, 1.807) is 55.4 Å². The predicted molar refractivity (Wildman–Crippen MR) is 103 cm³/mol. The average molecular weight is 416 g/mol. The number of rotatable bonds is 2. The lowest BCUT2D eigenvalue weighted by molar-refractivity contribution is -0.137. The monoisotopic (exact) mass is 416 g/mol. The van der Waals surface area contributed by atoms with Crippen molar-refractivity contribution in [2.75, 3.05) is 0 Å². The number of hydrogen-bond acceptors (Lipinski definition) is 4. The van der Waals surface area contributed by atoms with Gasteiger partial charge in [-0.2, -0.15) is 13.2 Å². The van der Waals surface area contributed by atoms with Crippen molar-refractivity contribution in [3.63, 3.8) is 0 Å². The minimum Gasteiger partial charge on any atom is -0.399 e. The number of alkyl halides is 3.